The summed E-state index contributed by atoms with van der Waals surface area (Å²) in [4.78, 5) is 16.0. The standard InChI is InChI=1S/C21H18ClF4N3O2/c22-14-10-12(4-5-15(14)23)11-29-16-2-1-3-17(31-20(30)21(24,25)26)18(16)28-19(29)13-6-8-27-9-7-13/h1-5,10,13,27H,6-9,11H2. The molecule has 5 nitrogen and oxygen atoms in total. The van der Waals surface area contributed by atoms with Gasteiger partial charge in [0, 0.05) is 12.5 Å². The minimum absolute atomic E-state index is 0.0230. The highest BCUT2D eigenvalue weighted by molar-refractivity contribution is 6.30. The Bertz CT molecular complexity index is 1120. The molecule has 164 valence electrons. The highest BCUT2D eigenvalue weighted by Crippen LogP contribution is 2.34. The van der Waals surface area contributed by atoms with E-state index in [0.717, 1.165) is 25.9 Å². The van der Waals surface area contributed by atoms with E-state index in [1.165, 1.54) is 24.3 Å². The first-order chi connectivity index (χ1) is 14.7. The molecule has 0 amide bonds. The summed E-state index contributed by atoms with van der Waals surface area (Å²) in [6.45, 7) is 1.85. The monoisotopic (exact) mass is 455 g/mol. The van der Waals surface area contributed by atoms with Gasteiger partial charge in [0.1, 0.15) is 17.2 Å². The van der Waals surface area contributed by atoms with Crippen molar-refractivity contribution in [1.29, 1.82) is 0 Å². The van der Waals surface area contributed by atoms with E-state index >= 15 is 0 Å². The molecule has 31 heavy (non-hydrogen) atoms. The highest BCUT2D eigenvalue weighted by Gasteiger charge is 2.41. The fraction of sp³-hybridized carbons (Fsp3) is 0.333. The smallest absolute Gasteiger partial charge is 0.417 e. The molecule has 1 N–H and O–H groups in total. The lowest BCUT2D eigenvalue weighted by Crippen LogP contribution is -2.28. The van der Waals surface area contributed by atoms with E-state index in [2.05, 4.69) is 15.0 Å². The molecule has 1 saturated heterocycles. The largest absolute Gasteiger partial charge is 0.491 e. The summed E-state index contributed by atoms with van der Waals surface area (Å²) in [6, 6.07) is 8.84. The molecule has 0 saturated carbocycles. The summed E-state index contributed by atoms with van der Waals surface area (Å²) in [5, 5.41) is 3.24. The fourth-order valence-corrected chi connectivity index (χ4v) is 3.96. The second-order valence-electron chi connectivity index (χ2n) is 7.34. The first kappa shape index (κ1) is 21.6. The first-order valence-corrected chi connectivity index (χ1v) is 10.0. The van der Waals surface area contributed by atoms with Gasteiger partial charge in [0.05, 0.1) is 10.5 Å². The Kier molecular flexibility index (Phi) is 5.90. The molecule has 10 heteroatoms. The molecular formula is C21H18ClF4N3O2. The van der Waals surface area contributed by atoms with Crippen LogP contribution in [0.3, 0.4) is 0 Å². The van der Waals surface area contributed by atoms with Crippen LogP contribution in [0.25, 0.3) is 11.0 Å². The number of rotatable bonds is 4. The van der Waals surface area contributed by atoms with E-state index in [0.29, 0.717) is 16.9 Å². The van der Waals surface area contributed by atoms with Gasteiger partial charge in [-0.15, -0.1) is 0 Å². The van der Waals surface area contributed by atoms with Crippen LogP contribution in [0.1, 0.15) is 30.1 Å². The zero-order chi connectivity index (χ0) is 22.2. The number of imidazole rings is 1. The van der Waals surface area contributed by atoms with Gasteiger partial charge in [0.2, 0.25) is 0 Å². The topological polar surface area (TPSA) is 56.1 Å². The van der Waals surface area contributed by atoms with E-state index in [1.807, 2.05) is 4.57 Å². The lowest BCUT2D eigenvalue weighted by Gasteiger charge is -2.23. The van der Waals surface area contributed by atoms with Crippen molar-refractivity contribution in [3.8, 4) is 5.75 Å². The Labute approximate surface area is 180 Å². The number of carbonyl (C=O) groups is 1. The van der Waals surface area contributed by atoms with Crippen molar-refractivity contribution >= 4 is 28.6 Å². The summed E-state index contributed by atoms with van der Waals surface area (Å²) in [5.41, 5.74) is 1.39. The number of hydrogen-bond acceptors (Lipinski definition) is 4. The molecule has 1 aliphatic heterocycles. The van der Waals surface area contributed by atoms with Crippen LogP contribution in [0, 0.1) is 5.82 Å². The molecule has 0 aliphatic carbocycles. The first-order valence-electron chi connectivity index (χ1n) is 9.67. The number of nitrogens with one attached hydrogen (secondary N) is 1. The maximum Gasteiger partial charge on any atom is 0.491 e. The zero-order valence-electron chi connectivity index (χ0n) is 16.2. The van der Waals surface area contributed by atoms with Crippen LogP contribution < -0.4 is 10.1 Å². The van der Waals surface area contributed by atoms with Crippen molar-refractivity contribution in [2.24, 2.45) is 0 Å². The molecule has 2 aromatic carbocycles. The maximum atomic E-state index is 13.6. The Hall–Kier alpha value is -2.65. The van der Waals surface area contributed by atoms with Gasteiger partial charge < -0.3 is 14.6 Å². The third-order valence-electron chi connectivity index (χ3n) is 5.23. The van der Waals surface area contributed by atoms with Gasteiger partial charge in [-0.05, 0) is 55.8 Å². The van der Waals surface area contributed by atoms with Gasteiger partial charge in [-0.1, -0.05) is 23.7 Å². The number of fused-ring (bicyclic) bond motifs is 1. The quantitative estimate of drug-likeness (QED) is 0.348. The Morgan fingerprint density at radius 2 is 1.97 bits per heavy atom. The molecule has 4 rings (SSSR count). The van der Waals surface area contributed by atoms with Crippen LogP contribution in [0.5, 0.6) is 5.75 Å². The fourth-order valence-electron chi connectivity index (χ4n) is 3.76. The molecule has 0 radical (unpaired) electrons. The number of alkyl halides is 3. The van der Waals surface area contributed by atoms with Crippen molar-refractivity contribution in [3.63, 3.8) is 0 Å². The van der Waals surface area contributed by atoms with E-state index < -0.39 is 18.0 Å². The maximum absolute atomic E-state index is 13.6. The average Bonchev–Trinajstić information content (AvgIpc) is 3.10. The van der Waals surface area contributed by atoms with Crippen LogP contribution in [-0.2, 0) is 11.3 Å². The van der Waals surface area contributed by atoms with Gasteiger partial charge in [-0.3, -0.25) is 0 Å². The minimum Gasteiger partial charge on any atom is -0.417 e. The number of esters is 1. The van der Waals surface area contributed by atoms with E-state index in [9.17, 15) is 22.4 Å². The van der Waals surface area contributed by atoms with Crippen molar-refractivity contribution in [2.75, 3.05) is 13.1 Å². The summed E-state index contributed by atoms with van der Waals surface area (Å²) >= 11 is 5.91. The molecule has 1 aromatic heterocycles. The molecule has 0 bridgehead atoms. The lowest BCUT2D eigenvalue weighted by atomic mass is 9.97. The number of benzene rings is 2. The van der Waals surface area contributed by atoms with Crippen LogP contribution in [-0.4, -0.2) is 34.8 Å². The third-order valence-corrected chi connectivity index (χ3v) is 5.52. The van der Waals surface area contributed by atoms with E-state index in [4.69, 9.17) is 11.6 Å². The molecule has 1 aliphatic rings. The SMILES string of the molecule is O=C(Oc1cccc2c1nc(C1CCNCC1)n2Cc1ccc(F)c(Cl)c1)C(F)(F)F. The van der Waals surface area contributed by atoms with Crippen molar-refractivity contribution < 1.29 is 27.1 Å². The molecule has 0 unspecified atom stereocenters. The number of nitrogens with zero attached hydrogens (tertiary/aromatic N) is 2. The van der Waals surface area contributed by atoms with Crippen LogP contribution >= 0.6 is 11.6 Å². The van der Waals surface area contributed by atoms with Crippen LogP contribution in [0.15, 0.2) is 36.4 Å². The van der Waals surface area contributed by atoms with Gasteiger partial charge in [-0.2, -0.15) is 13.2 Å². The number of hydrogen-bond donors (Lipinski definition) is 1. The Morgan fingerprint density at radius 1 is 1.23 bits per heavy atom. The predicted octanol–water partition coefficient (Wildman–Crippen LogP) is 4.81. The summed E-state index contributed by atoms with van der Waals surface area (Å²) < 4.78 is 58.2. The molecule has 3 aromatic rings. The molecule has 0 spiro atoms. The lowest BCUT2D eigenvalue weighted by molar-refractivity contribution is -0.189. The van der Waals surface area contributed by atoms with Crippen LogP contribution in [0.2, 0.25) is 5.02 Å². The van der Waals surface area contributed by atoms with Gasteiger partial charge in [0.15, 0.2) is 5.75 Å². The zero-order valence-corrected chi connectivity index (χ0v) is 16.9. The number of ether oxygens (including phenoxy) is 1. The second kappa shape index (κ2) is 8.47. The molecule has 2 heterocycles. The van der Waals surface area contributed by atoms with Crippen molar-refractivity contribution in [3.05, 3.63) is 58.6 Å². The van der Waals surface area contributed by atoms with E-state index in [1.54, 1.807) is 12.1 Å². The number of para-hydroxylation sites is 1. The summed E-state index contributed by atoms with van der Waals surface area (Å²) in [6.07, 6.45) is -3.52. The normalized spacial score (nSPS) is 15.4. The number of halogens is 5. The second-order valence-corrected chi connectivity index (χ2v) is 7.75. The summed E-state index contributed by atoms with van der Waals surface area (Å²) in [5.74, 6) is -2.36. The Balaban J connectivity index is 1.80. The molecule has 1 fully saturated rings. The number of aromatic nitrogens is 2. The van der Waals surface area contributed by atoms with E-state index in [-0.39, 0.29) is 28.8 Å². The van der Waals surface area contributed by atoms with Gasteiger partial charge in [0.25, 0.3) is 0 Å². The number of carbonyl (C=O) groups excluding carboxylic acids is 1. The third kappa shape index (κ3) is 4.52. The van der Waals surface area contributed by atoms with Gasteiger partial charge >= 0.3 is 12.1 Å². The predicted molar refractivity (Wildman–Crippen MR) is 107 cm³/mol. The highest BCUT2D eigenvalue weighted by atomic mass is 35.5. The van der Waals surface area contributed by atoms with Crippen molar-refractivity contribution in [2.45, 2.75) is 31.5 Å². The molecular weight excluding hydrogens is 438 g/mol. The number of piperidine rings is 1. The van der Waals surface area contributed by atoms with Crippen LogP contribution in [0.4, 0.5) is 17.6 Å². The summed E-state index contributed by atoms with van der Waals surface area (Å²) in [7, 11) is 0. The average molecular weight is 456 g/mol. The van der Waals surface area contributed by atoms with Gasteiger partial charge in [-0.25, -0.2) is 14.2 Å². The molecule has 0 atom stereocenters. The Morgan fingerprint density at radius 3 is 2.65 bits per heavy atom. The van der Waals surface area contributed by atoms with Crippen molar-refractivity contribution in [1.82, 2.24) is 14.9 Å². The minimum atomic E-state index is -5.12.